The Labute approximate surface area is 54.3 Å². The molecule has 2 N–H and O–H groups in total. The summed E-state index contributed by atoms with van der Waals surface area (Å²) in [7, 11) is 0. The first-order valence-electron chi connectivity index (χ1n) is 2.75. The van der Waals surface area contributed by atoms with Gasteiger partial charge in [-0.25, -0.2) is 0 Å². The first-order valence-corrected chi connectivity index (χ1v) is 3.69. The molecular formula is C6H11NS. The topological polar surface area (TPSA) is 26.0 Å². The van der Waals surface area contributed by atoms with Gasteiger partial charge in [0.15, 0.2) is 0 Å². The van der Waals surface area contributed by atoms with Crippen LogP contribution in [0.2, 0.25) is 0 Å². The van der Waals surface area contributed by atoms with Gasteiger partial charge in [-0.05, 0) is 12.3 Å². The second-order valence-corrected chi connectivity index (χ2v) is 3.70. The van der Waals surface area contributed by atoms with Gasteiger partial charge in [0, 0.05) is 10.8 Å². The molecule has 1 aliphatic heterocycles. The molecular weight excluding hydrogens is 118 g/mol. The lowest BCUT2D eigenvalue weighted by atomic mass is 10.0. The molecule has 1 aliphatic rings. The molecule has 0 fully saturated rings. The number of nitrogens with two attached hydrogens (primary N) is 1. The van der Waals surface area contributed by atoms with Crippen molar-refractivity contribution >= 4 is 11.8 Å². The van der Waals surface area contributed by atoms with Crippen LogP contribution in [0.1, 0.15) is 13.8 Å². The van der Waals surface area contributed by atoms with Gasteiger partial charge in [0.25, 0.3) is 0 Å². The van der Waals surface area contributed by atoms with E-state index >= 15 is 0 Å². The Hall–Kier alpha value is 0.0500. The highest BCUT2D eigenvalue weighted by Crippen LogP contribution is 2.30. The number of rotatable bonds is 0. The lowest BCUT2D eigenvalue weighted by Gasteiger charge is -2.20. The van der Waals surface area contributed by atoms with Crippen LogP contribution in [0.15, 0.2) is 11.5 Å². The predicted molar refractivity (Wildman–Crippen MR) is 38.8 cm³/mol. The Morgan fingerprint density at radius 3 is 2.50 bits per heavy atom. The Morgan fingerprint density at radius 2 is 2.38 bits per heavy atom. The molecule has 0 aliphatic carbocycles. The van der Waals surface area contributed by atoms with Gasteiger partial charge in [0.05, 0.1) is 0 Å². The van der Waals surface area contributed by atoms with Gasteiger partial charge >= 0.3 is 0 Å². The van der Waals surface area contributed by atoms with E-state index in [1.165, 1.54) is 0 Å². The van der Waals surface area contributed by atoms with Crippen molar-refractivity contribution in [2.45, 2.75) is 24.6 Å². The molecule has 1 rings (SSSR count). The molecule has 0 saturated heterocycles. The van der Waals surface area contributed by atoms with Crippen molar-refractivity contribution in [3.05, 3.63) is 11.5 Å². The Bertz CT molecular complexity index is 118. The van der Waals surface area contributed by atoms with Crippen LogP contribution in [0.5, 0.6) is 0 Å². The van der Waals surface area contributed by atoms with E-state index < -0.39 is 0 Å². The highest BCUT2D eigenvalue weighted by Gasteiger charge is 2.26. The third-order valence-corrected chi connectivity index (χ3v) is 2.80. The fourth-order valence-corrected chi connectivity index (χ4v) is 1.57. The fraction of sp³-hybridized carbons (Fsp3) is 0.667. The maximum absolute atomic E-state index is 5.81. The molecule has 0 aromatic carbocycles. The zero-order valence-corrected chi connectivity index (χ0v) is 6.03. The maximum atomic E-state index is 5.81. The summed E-state index contributed by atoms with van der Waals surface area (Å²) in [5.74, 6) is 0. The van der Waals surface area contributed by atoms with E-state index in [9.17, 15) is 0 Å². The Kier molecular flexibility index (Phi) is 1.37. The predicted octanol–water partition coefficient (Wildman–Crippen LogP) is 1.35. The van der Waals surface area contributed by atoms with Crippen LogP contribution in [0.4, 0.5) is 0 Å². The average Bonchev–Trinajstić information content (AvgIpc) is 1.86. The SMILES string of the molecule is CC1SC=CC1(C)N. The molecule has 0 bridgehead atoms. The molecule has 1 nitrogen and oxygen atoms in total. The lowest BCUT2D eigenvalue weighted by molar-refractivity contribution is 0.588. The van der Waals surface area contributed by atoms with Gasteiger partial charge < -0.3 is 5.73 Å². The smallest absolute Gasteiger partial charge is 0.0439 e. The minimum absolute atomic E-state index is 0.0648. The van der Waals surface area contributed by atoms with E-state index in [1.807, 2.05) is 6.92 Å². The van der Waals surface area contributed by atoms with E-state index in [1.54, 1.807) is 11.8 Å². The molecule has 1 heterocycles. The summed E-state index contributed by atoms with van der Waals surface area (Å²) >= 11 is 1.80. The Morgan fingerprint density at radius 1 is 1.75 bits per heavy atom. The normalized spacial score (nSPS) is 45.6. The molecule has 2 heteroatoms. The highest BCUT2D eigenvalue weighted by molar-refractivity contribution is 8.03. The Balaban J connectivity index is 2.67. The first-order chi connectivity index (χ1) is 3.63. The van der Waals surface area contributed by atoms with E-state index in [0.29, 0.717) is 5.25 Å². The van der Waals surface area contributed by atoms with E-state index in [0.717, 1.165) is 0 Å². The zero-order valence-electron chi connectivity index (χ0n) is 5.22. The molecule has 0 amide bonds. The van der Waals surface area contributed by atoms with Crippen molar-refractivity contribution < 1.29 is 0 Å². The van der Waals surface area contributed by atoms with E-state index in [2.05, 4.69) is 18.4 Å². The minimum Gasteiger partial charge on any atom is -0.321 e. The number of hydrogen-bond donors (Lipinski definition) is 1. The van der Waals surface area contributed by atoms with Gasteiger partial charge in [-0.1, -0.05) is 13.0 Å². The van der Waals surface area contributed by atoms with Crippen LogP contribution in [-0.2, 0) is 0 Å². The quantitative estimate of drug-likeness (QED) is 0.534. The van der Waals surface area contributed by atoms with Crippen LogP contribution < -0.4 is 5.73 Å². The number of hydrogen-bond acceptors (Lipinski definition) is 2. The first kappa shape index (κ1) is 6.17. The summed E-state index contributed by atoms with van der Waals surface area (Å²) in [6.45, 7) is 4.19. The van der Waals surface area contributed by atoms with Crippen molar-refractivity contribution in [3.8, 4) is 0 Å². The van der Waals surface area contributed by atoms with Gasteiger partial charge in [-0.15, -0.1) is 11.8 Å². The molecule has 8 heavy (non-hydrogen) atoms. The van der Waals surface area contributed by atoms with Crippen LogP contribution in [0.25, 0.3) is 0 Å². The van der Waals surface area contributed by atoms with Crippen molar-refractivity contribution in [2.75, 3.05) is 0 Å². The third-order valence-electron chi connectivity index (χ3n) is 1.59. The largest absolute Gasteiger partial charge is 0.321 e. The van der Waals surface area contributed by atoms with Crippen LogP contribution >= 0.6 is 11.8 Å². The molecule has 46 valence electrons. The van der Waals surface area contributed by atoms with Crippen LogP contribution in [-0.4, -0.2) is 10.8 Å². The third kappa shape index (κ3) is 0.906. The summed E-state index contributed by atoms with van der Waals surface area (Å²) in [4.78, 5) is 0. The molecule has 0 aromatic rings. The second-order valence-electron chi connectivity index (χ2n) is 2.45. The van der Waals surface area contributed by atoms with E-state index in [4.69, 9.17) is 5.73 Å². The average molecular weight is 129 g/mol. The monoisotopic (exact) mass is 129 g/mol. The summed E-state index contributed by atoms with van der Waals surface area (Å²) in [5, 5.41) is 2.62. The molecule has 0 saturated carbocycles. The minimum atomic E-state index is -0.0648. The van der Waals surface area contributed by atoms with Gasteiger partial charge in [0.2, 0.25) is 0 Å². The maximum Gasteiger partial charge on any atom is 0.0439 e. The molecule has 0 aromatic heterocycles. The van der Waals surface area contributed by atoms with Crippen LogP contribution in [0, 0.1) is 0 Å². The van der Waals surface area contributed by atoms with Crippen molar-refractivity contribution in [3.63, 3.8) is 0 Å². The van der Waals surface area contributed by atoms with E-state index in [-0.39, 0.29) is 5.54 Å². The van der Waals surface area contributed by atoms with Crippen molar-refractivity contribution in [2.24, 2.45) is 5.73 Å². The summed E-state index contributed by atoms with van der Waals surface area (Å²) in [5.41, 5.74) is 5.75. The summed E-state index contributed by atoms with van der Waals surface area (Å²) in [6.07, 6.45) is 2.06. The molecule has 2 unspecified atom stereocenters. The summed E-state index contributed by atoms with van der Waals surface area (Å²) in [6, 6.07) is 0. The van der Waals surface area contributed by atoms with Crippen LogP contribution in [0.3, 0.4) is 0 Å². The number of thioether (sulfide) groups is 1. The van der Waals surface area contributed by atoms with Crippen molar-refractivity contribution in [1.29, 1.82) is 0 Å². The lowest BCUT2D eigenvalue weighted by Crippen LogP contribution is -2.40. The molecule has 0 spiro atoms. The van der Waals surface area contributed by atoms with Gasteiger partial charge in [-0.3, -0.25) is 0 Å². The van der Waals surface area contributed by atoms with Gasteiger partial charge in [0.1, 0.15) is 0 Å². The second kappa shape index (κ2) is 1.78. The summed E-state index contributed by atoms with van der Waals surface area (Å²) < 4.78 is 0. The van der Waals surface area contributed by atoms with Crippen molar-refractivity contribution in [1.82, 2.24) is 0 Å². The highest BCUT2D eigenvalue weighted by atomic mass is 32.2. The molecule has 2 atom stereocenters. The van der Waals surface area contributed by atoms with Gasteiger partial charge in [-0.2, -0.15) is 0 Å². The zero-order chi connectivity index (χ0) is 6.20. The molecule has 0 radical (unpaired) electrons. The standard InChI is InChI=1S/C6H11NS/c1-5-6(2,7)3-4-8-5/h3-5H,7H2,1-2H3. The fourth-order valence-electron chi connectivity index (χ4n) is 0.586.